The Morgan fingerprint density at radius 2 is 2.18 bits per heavy atom. The van der Waals surface area contributed by atoms with Gasteiger partial charge in [-0.15, -0.1) is 0 Å². The molecule has 0 aliphatic carbocycles. The number of benzene rings is 1. The molecule has 1 N–H and O–H groups in total. The number of anilines is 1. The number of carbonyl (C=O) groups excluding carboxylic acids is 1. The predicted octanol–water partition coefficient (Wildman–Crippen LogP) is 2.12. The fourth-order valence-electron chi connectivity index (χ4n) is 1.13. The maximum Gasteiger partial charge on any atom is 0.273 e. The molecule has 17 heavy (non-hydrogen) atoms. The van der Waals surface area contributed by atoms with E-state index in [1.54, 1.807) is 6.92 Å². The van der Waals surface area contributed by atoms with Crippen LogP contribution in [0.25, 0.3) is 0 Å². The van der Waals surface area contributed by atoms with Crippen LogP contribution in [-0.4, -0.2) is 17.9 Å². The van der Waals surface area contributed by atoms with E-state index in [1.807, 2.05) is 0 Å². The number of amides is 1. The molecule has 0 atom stereocenters. The summed E-state index contributed by atoms with van der Waals surface area (Å²) < 4.78 is 4.97. The van der Waals surface area contributed by atoms with Crippen molar-refractivity contribution in [1.82, 2.24) is 0 Å². The molecule has 0 bridgehead atoms. The highest BCUT2D eigenvalue weighted by Gasteiger charge is 2.13. The van der Waals surface area contributed by atoms with Crippen molar-refractivity contribution in [3.05, 3.63) is 40.5 Å². The van der Waals surface area contributed by atoms with Gasteiger partial charge in [-0.1, -0.05) is 6.58 Å². The quantitative estimate of drug-likeness (QED) is 0.493. The zero-order valence-electron chi connectivity index (χ0n) is 9.52. The highest BCUT2D eigenvalue weighted by molar-refractivity contribution is 6.03. The monoisotopic (exact) mass is 236 g/mol. The van der Waals surface area contributed by atoms with Crippen LogP contribution in [0.3, 0.4) is 0 Å². The van der Waals surface area contributed by atoms with Crippen molar-refractivity contribution < 1.29 is 14.5 Å². The maximum atomic E-state index is 11.4. The second-order valence-corrected chi connectivity index (χ2v) is 3.38. The number of carbonyl (C=O) groups is 1. The Morgan fingerprint density at radius 3 is 2.65 bits per heavy atom. The van der Waals surface area contributed by atoms with E-state index in [-0.39, 0.29) is 17.3 Å². The first kappa shape index (κ1) is 12.7. The minimum absolute atomic E-state index is 0.102. The van der Waals surface area contributed by atoms with E-state index < -0.39 is 4.92 Å². The number of nitrogens with one attached hydrogen (secondary N) is 1. The molecule has 0 saturated heterocycles. The Labute approximate surface area is 98.0 Å². The minimum atomic E-state index is -0.535. The van der Waals surface area contributed by atoms with Crippen LogP contribution < -0.4 is 10.1 Å². The Kier molecular flexibility index (Phi) is 3.82. The molecule has 0 radical (unpaired) electrons. The molecule has 90 valence electrons. The van der Waals surface area contributed by atoms with Gasteiger partial charge in [0, 0.05) is 11.6 Å². The minimum Gasteiger partial charge on any atom is -0.494 e. The molecule has 1 amide bonds. The molecule has 1 aromatic rings. The molecule has 1 rings (SSSR count). The lowest BCUT2D eigenvalue weighted by atomic mass is 10.2. The van der Waals surface area contributed by atoms with Gasteiger partial charge in [0.15, 0.2) is 0 Å². The van der Waals surface area contributed by atoms with Crippen molar-refractivity contribution in [3.63, 3.8) is 0 Å². The molecule has 0 unspecified atom stereocenters. The summed E-state index contributed by atoms with van der Waals surface area (Å²) in [6.07, 6.45) is 0. The average molecular weight is 236 g/mol. The topological polar surface area (TPSA) is 81.5 Å². The van der Waals surface area contributed by atoms with Gasteiger partial charge in [-0.25, -0.2) is 0 Å². The smallest absolute Gasteiger partial charge is 0.273 e. The summed E-state index contributed by atoms with van der Waals surface area (Å²) >= 11 is 0. The van der Waals surface area contributed by atoms with Gasteiger partial charge in [0.05, 0.1) is 23.8 Å². The van der Waals surface area contributed by atoms with Crippen molar-refractivity contribution in [1.29, 1.82) is 0 Å². The van der Waals surface area contributed by atoms with Crippen LogP contribution in [0.4, 0.5) is 11.4 Å². The molecule has 0 saturated carbocycles. The number of nitro groups is 1. The number of hydrogen-bond donors (Lipinski definition) is 1. The first-order valence-corrected chi connectivity index (χ1v) is 4.75. The fourth-order valence-corrected chi connectivity index (χ4v) is 1.13. The van der Waals surface area contributed by atoms with Crippen LogP contribution >= 0.6 is 0 Å². The van der Waals surface area contributed by atoms with E-state index in [1.165, 1.54) is 25.3 Å². The Bertz CT molecular complexity index is 482. The lowest BCUT2D eigenvalue weighted by Crippen LogP contribution is -2.12. The third-order valence-electron chi connectivity index (χ3n) is 2.03. The first-order valence-electron chi connectivity index (χ1n) is 4.75. The standard InChI is InChI=1S/C11H12N2O4/c1-7(2)11(14)12-9-5-4-8(13(15)16)6-10(9)17-3/h4-6H,1H2,2-3H3,(H,12,14). The zero-order chi connectivity index (χ0) is 13.0. The number of non-ortho nitro benzene ring substituents is 1. The van der Waals surface area contributed by atoms with E-state index >= 15 is 0 Å². The Hall–Kier alpha value is -2.37. The summed E-state index contributed by atoms with van der Waals surface area (Å²) in [5.74, 6) is -0.133. The molecular weight excluding hydrogens is 224 g/mol. The number of rotatable bonds is 4. The van der Waals surface area contributed by atoms with Crippen molar-refractivity contribution in [2.24, 2.45) is 0 Å². The van der Waals surface area contributed by atoms with Gasteiger partial charge in [0.1, 0.15) is 5.75 Å². The molecule has 6 heteroatoms. The number of methoxy groups -OCH3 is 1. The van der Waals surface area contributed by atoms with Gasteiger partial charge >= 0.3 is 0 Å². The molecule has 0 aliphatic rings. The van der Waals surface area contributed by atoms with Crippen LogP contribution in [-0.2, 0) is 4.79 Å². The van der Waals surface area contributed by atoms with Crippen LogP contribution in [0, 0.1) is 10.1 Å². The normalized spacial score (nSPS) is 9.53. The summed E-state index contributed by atoms with van der Waals surface area (Å²) in [5.41, 5.74) is 0.603. The van der Waals surface area contributed by atoms with Gasteiger partial charge in [0.25, 0.3) is 11.6 Å². The summed E-state index contributed by atoms with van der Waals surface area (Å²) in [4.78, 5) is 21.4. The largest absolute Gasteiger partial charge is 0.494 e. The second-order valence-electron chi connectivity index (χ2n) is 3.38. The predicted molar refractivity (Wildman–Crippen MR) is 63.1 cm³/mol. The molecule has 0 spiro atoms. The molecule has 0 aliphatic heterocycles. The van der Waals surface area contributed by atoms with Gasteiger partial charge in [-0.2, -0.15) is 0 Å². The molecule has 0 fully saturated rings. The molecule has 0 aromatic heterocycles. The highest BCUT2D eigenvalue weighted by Crippen LogP contribution is 2.29. The van der Waals surface area contributed by atoms with E-state index in [0.29, 0.717) is 11.3 Å². The van der Waals surface area contributed by atoms with Gasteiger partial charge < -0.3 is 10.1 Å². The number of nitrogens with zero attached hydrogens (tertiary/aromatic N) is 1. The number of ether oxygens (including phenoxy) is 1. The zero-order valence-corrected chi connectivity index (χ0v) is 9.52. The van der Waals surface area contributed by atoms with E-state index in [9.17, 15) is 14.9 Å². The molecule has 6 nitrogen and oxygen atoms in total. The number of hydrogen-bond acceptors (Lipinski definition) is 4. The van der Waals surface area contributed by atoms with Gasteiger partial charge in [-0.05, 0) is 13.0 Å². The summed E-state index contributed by atoms with van der Waals surface area (Å²) in [7, 11) is 1.37. The van der Waals surface area contributed by atoms with Crippen molar-refractivity contribution in [2.75, 3.05) is 12.4 Å². The fraction of sp³-hybridized carbons (Fsp3) is 0.182. The Balaban J connectivity index is 3.05. The van der Waals surface area contributed by atoms with E-state index in [0.717, 1.165) is 0 Å². The van der Waals surface area contributed by atoms with Crippen LogP contribution in [0.1, 0.15) is 6.92 Å². The maximum absolute atomic E-state index is 11.4. The molecule has 0 heterocycles. The van der Waals surface area contributed by atoms with Crippen molar-refractivity contribution in [3.8, 4) is 5.75 Å². The number of nitro benzene ring substituents is 1. The third kappa shape index (κ3) is 3.04. The Morgan fingerprint density at radius 1 is 1.53 bits per heavy atom. The van der Waals surface area contributed by atoms with Crippen LogP contribution in [0.5, 0.6) is 5.75 Å². The lowest BCUT2D eigenvalue weighted by Gasteiger charge is -2.09. The highest BCUT2D eigenvalue weighted by atomic mass is 16.6. The van der Waals surface area contributed by atoms with Crippen LogP contribution in [0.2, 0.25) is 0 Å². The first-order chi connectivity index (χ1) is 7.95. The third-order valence-corrected chi connectivity index (χ3v) is 2.03. The average Bonchev–Trinajstić information content (AvgIpc) is 2.28. The van der Waals surface area contributed by atoms with Crippen LogP contribution in [0.15, 0.2) is 30.4 Å². The summed E-state index contributed by atoms with van der Waals surface area (Å²) in [6.45, 7) is 5.05. The lowest BCUT2D eigenvalue weighted by molar-refractivity contribution is -0.384. The summed E-state index contributed by atoms with van der Waals surface area (Å²) in [5, 5.41) is 13.1. The SMILES string of the molecule is C=C(C)C(=O)Nc1ccc([N+](=O)[O-])cc1OC. The summed E-state index contributed by atoms with van der Waals surface area (Å²) in [6, 6.07) is 3.95. The molecular formula is C11H12N2O4. The van der Waals surface area contributed by atoms with Crippen molar-refractivity contribution in [2.45, 2.75) is 6.92 Å². The van der Waals surface area contributed by atoms with Crippen molar-refractivity contribution >= 4 is 17.3 Å². The van der Waals surface area contributed by atoms with Gasteiger partial charge in [-0.3, -0.25) is 14.9 Å². The second kappa shape index (κ2) is 5.11. The van der Waals surface area contributed by atoms with E-state index in [2.05, 4.69) is 11.9 Å². The molecule has 1 aromatic carbocycles. The van der Waals surface area contributed by atoms with Gasteiger partial charge in [0.2, 0.25) is 0 Å². The van der Waals surface area contributed by atoms with E-state index in [4.69, 9.17) is 4.74 Å².